The van der Waals surface area contributed by atoms with E-state index in [0.717, 1.165) is 17.5 Å². The van der Waals surface area contributed by atoms with Crippen LogP contribution >= 0.6 is 0 Å². The van der Waals surface area contributed by atoms with Crippen molar-refractivity contribution in [2.45, 2.75) is 32.0 Å². The Bertz CT molecular complexity index is 787. The smallest absolute Gasteiger partial charge is 0.251 e. The maximum atomic E-state index is 12.3. The lowest BCUT2D eigenvalue weighted by molar-refractivity contribution is -0.121. The molecule has 2 aromatic rings. The Morgan fingerprint density at radius 2 is 1.96 bits per heavy atom. The first kappa shape index (κ1) is 18.1. The molecule has 0 bridgehead atoms. The highest BCUT2D eigenvalue weighted by Crippen LogP contribution is 2.23. The van der Waals surface area contributed by atoms with Gasteiger partial charge in [-0.1, -0.05) is 42.5 Å². The second kappa shape index (κ2) is 8.15. The molecule has 1 aliphatic heterocycles. The minimum atomic E-state index is -0.0372. The first-order chi connectivity index (χ1) is 12.5. The third kappa shape index (κ3) is 4.29. The molecule has 0 fully saturated rings. The fourth-order valence-corrected chi connectivity index (χ4v) is 3.32. The van der Waals surface area contributed by atoms with Gasteiger partial charge in [-0.25, -0.2) is 0 Å². The van der Waals surface area contributed by atoms with E-state index in [1.807, 2.05) is 50.5 Å². The van der Waals surface area contributed by atoms with Crippen LogP contribution in [-0.4, -0.2) is 30.8 Å². The molecule has 2 amide bonds. The predicted octanol–water partition coefficient (Wildman–Crippen LogP) is 2.63. The van der Waals surface area contributed by atoms with Crippen molar-refractivity contribution in [1.82, 2.24) is 15.5 Å². The van der Waals surface area contributed by atoms with E-state index >= 15 is 0 Å². The predicted molar refractivity (Wildman–Crippen MR) is 102 cm³/mol. The average Bonchev–Trinajstić information content (AvgIpc) is 3.01. The molecule has 0 aromatic heterocycles. The van der Waals surface area contributed by atoms with Crippen molar-refractivity contribution in [3.63, 3.8) is 0 Å². The number of nitrogens with zero attached hydrogens (tertiary/aromatic N) is 1. The van der Waals surface area contributed by atoms with Gasteiger partial charge in [-0.05, 0) is 43.3 Å². The standard InChI is InChI=1S/C21H25N3O2/c1-24(2)19(16-6-4-3-5-7-16)10-11-20(25)22-13-15-8-9-17-14-23-21(26)18(17)12-15/h3-9,12,19H,10-11,13-14H2,1-2H3,(H,22,25)(H,23,26). The van der Waals surface area contributed by atoms with Crippen LogP contribution in [0.1, 0.15) is 45.9 Å². The van der Waals surface area contributed by atoms with Crippen LogP contribution in [0.3, 0.4) is 0 Å². The first-order valence-electron chi connectivity index (χ1n) is 8.92. The number of carbonyl (C=O) groups is 2. The van der Waals surface area contributed by atoms with Crippen molar-refractivity contribution in [3.8, 4) is 0 Å². The van der Waals surface area contributed by atoms with Crippen LogP contribution < -0.4 is 10.6 Å². The molecule has 1 heterocycles. The van der Waals surface area contributed by atoms with Gasteiger partial charge in [-0.2, -0.15) is 0 Å². The van der Waals surface area contributed by atoms with Crippen LogP contribution in [0.15, 0.2) is 48.5 Å². The molecule has 2 N–H and O–H groups in total. The van der Waals surface area contributed by atoms with E-state index in [9.17, 15) is 9.59 Å². The van der Waals surface area contributed by atoms with Crippen molar-refractivity contribution in [3.05, 3.63) is 70.8 Å². The molecule has 0 saturated heterocycles. The molecule has 136 valence electrons. The van der Waals surface area contributed by atoms with Crippen LogP contribution in [0.25, 0.3) is 0 Å². The zero-order chi connectivity index (χ0) is 18.5. The van der Waals surface area contributed by atoms with Gasteiger partial charge in [-0.3, -0.25) is 9.59 Å². The largest absolute Gasteiger partial charge is 0.352 e. The molecule has 1 aliphatic rings. The maximum absolute atomic E-state index is 12.3. The molecule has 3 rings (SSSR count). The number of hydrogen-bond acceptors (Lipinski definition) is 3. The van der Waals surface area contributed by atoms with Gasteiger partial charge in [0.1, 0.15) is 0 Å². The van der Waals surface area contributed by atoms with Gasteiger partial charge in [0.25, 0.3) is 5.91 Å². The lowest BCUT2D eigenvalue weighted by Crippen LogP contribution is -2.26. The number of rotatable bonds is 7. The maximum Gasteiger partial charge on any atom is 0.251 e. The number of benzene rings is 2. The first-order valence-corrected chi connectivity index (χ1v) is 8.92. The third-order valence-electron chi connectivity index (χ3n) is 4.80. The van der Waals surface area contributed by atoms with Crippen molar-refractivity contribution in [1.29, 1.82) is 0 Å². The molecule has 0 spiro atoms. The highest BCUT2D eigenvalue weighted by Gasteiger charge is 2.19. The molecule has 5 nitrogen and oxygen atoms in total. The molecule has 26 heavy (non-hydrogen) atoms. The molecule has 0 saturated carbocycles. The normalized spacial score (nSPS) is 14.0. The number of hydrogen-bond donors (Lipinski definition) is 2. The Labute approximate surface area is 154 Å². The molecular weight excluding hydrogens is 326 g/mol. The van der Waals surface area contributed by atoms with E-state index in [0.29, 0.717) is 25.1 Å². The van der Waals surface area contributed by atoms with E-state index in [1.54, 1.807) is 0 Å². The van der Waals surface area contributed by atoms with Gasteiger partial charge in [0.15, 0.2) is 0 Å². The summed E-state index contributed by atoms with van der Waals surface area (Å²) in [7, 11) is 4.07. The number of nitrogens with one attached hydrogen (secondary N) is 2. The second-order valence-electron chi connectivity index (χ2n) is 6.88. The number of fused-ring (bicyclic) bond motifs is 1. The summed E-state index contributed by atoms with van der Waals surface area (Å²) >= 11 is 0. The Morgan fingerprint density at radius 3 is 2.69 bits per heavy atom. The Hall–Kier alpha value is -2.66. The molecule has 1 unspecified atom stereocenters. The SMILES string of the molecule is CN(C)C(CCC(=O)NCc1ccc2c(c1)C(=O)NC2)c1ccccc1. The molecular formula is C21H25N3O2. The highest BCUT2D eigenvalue weighted by molar-refractivity contribution is 5.98. The number of amides is 2. The summed E-state index contributed by atoms with van der Waals surface area (Å²) in [5.74, 6) is -0.0115. The van der Waals surface area contributed by atoms with Gasteiger partial charge in [-0.15, -0.1) is 0 Å². The van der Waals surface area contributed by atoms with Gasteiger partial charge < -0.3 is 15.5 Å². The monoisotopic (exact) mass is 351 g/mol. The van der Waals surface area contributed by atoms with Gasteiger partial charge in [0, 0.05) is 31.1 Å². The molecule has 2 aromatic carbocycles. The van der Waals surface area contributed by atoms with E-state index < -0.39 is 0 Å². The zero-order valence-corrected chi connectivity index (χ0v) is 15.3. The third-order valence-corrected chi connectivity index (χ3v) is 4.80. The fraction of sp³-hybridized carbons (Fsp3) is 0.333. The quantitative estimate of drug-likeness (QED) is 0.806. The number of carbonyl (C=O) groups excluding carboxylic acids is 2. The fourth-order valence-electron chi connectivity index (χ4n) is 3.32. The molecule has 0 aliphatic carbocycles. The van der Waals surface area contributed by atoms with Crippen molar-refractivity contribution in [2.75, 3.05) is 14.1 Å². The molecule has 0 radical (unpaired) electrons. The van der Waals surface area contributed by atoms with E-state index in [4.69, 9.17) is 0 Å². The van der Waals surface area contributed by atoms with Crippen LogP contribution in [0.4, 0.5) is 0 Å². The summed E-state index contributed by atoms with van der Waals surface area (Å²) < 4.78 is 0. The lowest BCUT2D eigenvalue weighted by Gasteiger charge is -2.24. The Kier molecular flexibility index (Phi) is 5.68. The van der Waals surface area contributed by atoms with Gasteiger partial charge >= 0.3 is 0 Å². The zero-order valence-electron chi connectivity index (χ0n) is 15.3. The topological polar surface area (TPSA) is 61.4 Å². The van der Waals surface area contributed by atoms with E-state index in [2.05, 4.69) is 27.7 Å². The summed E-state index contributed by atoms with van der Waals surface area (Å²) in [6, 6.07) is 16.2. The van der Waals surface area contributed by atoms with Crippen LogP contribution in [0.2, 0.25) is 0 Å². The second-order valence-corrected chi connectivity index (χ2v) is 6.88. The lowest BCUT2D eigenvalue weighted by atomic mass is 10.0. The summed E-state index contributed by atoms with van der Waals surface area (Å²) in [4.78, 5) is 26.1. The highest BCUT2D eigenvalue weighted by atomic mass is 16.2. The van der Waals surface area contributed by atoms with Crippen molar-refractivity contribution in [2.24, 2.45) is 0 Å². The van der Waals surface area contributed by atoms with Crippen LogP contribution in [0, 0.1) is 0 Å². The Balaban J connectivity index is 1.53. The van der Waals surface area contributed by atoms with E-state index in [-0.39, 0.29) is 17.9 Å². The van der Waals surface area contributed by atoms with Crippen LogP contribution in [-0.2, 0) is 17.9 Å². The molecule has 1 atom stereocenters. The van der Waals surface area contributed by atoms with E-state index in [1.165, 1.54) is 5.56 Å². The summed E-state index contributed by atoms with van der Waals surface area (Å²) in [6.07, 6.45) is 1.22. The van der Waals surface area contributed by atoms with Crippen molar-refractivity contribution >= 4 is 11.8 Å². The summed E-state index contributed by atoms with van der Waals surface area (Å²) in [5, 5.41) is 5.77. The summed E-state index contributed by atoms with van der Waals surface area (Å²) in [6.45, 7) is 1.03. The minimum absolute atomic E-state index is 0.0257. The van der Waals surface area contributed by atoms with Crippen LogP contribution in [0.5, 0.6) is 0 Å². The summed E-state index contributed by atoms with van der Waals surface area (Å²) in [5.41, 5.74) is 3.89. The minimum Gasteiger partial charge on any atom is -0.352 e. The van der Waals surface area contributed by atoms with Gasteiger partial charge in [0.05, 0.1) is 0 Å². The van der Waals surface area contributed by atoms with Gasteiger partial charge in [0.2, 0.25) is 5.91 Å². The average molecular weight is 351 g/mol. The van der Waals surface area contributed by atoms with Crippen molar-refractivity contribution < 1.29 is 9.59 Å². The molecule has 5 heteroatoms. The Morgan fingerprint density at radius 1 is 1.19 bits per heavy atom.